The van der Waals surface area contributed by atoms with E-state index in [4.69, 9.17) is 27.9 Å². The summed E-state index contributed by atoms with van der Waals surface area (Å²) < 4.78 is 5.46. The van der Waals surface area contributed by atoms with Gasteiger partial charge in [0, 0.05) is 11.1 Å². The SMILES string of the molecule is O=Cc1cc(Cl)cc(Cl)c1OCc1ccccc1[N+](=O)[O-]. The fourth-order valence-corrected chi connectivity index (χ4v) is 2.34. The third-order valence-electron chi connectivity index (χ3n) is 2.72. The Bertz CT molecular complexity index is 703. The van der Waals surface area contributed by atoms with E-state index in [1.54, 1.807) is 18.2 Å². The lowest BCUT2D eigenvalue weighted by atomic mass is 10.2. The van der Waals surface area contributed by atoms with Crippen LogP contribution in [0, 0.1) is 10.1 Å². The number of carbonyl (C=O) groups excluding carboxylic acids is 1. The molecule has 7 heteroatoms. The summed E-state index contributed by atoms with van der Waals surface area (Å²) in [5, 5.41) is 11.4. The maximum Gasteiger partial charge on any atom is 0.276 e. The fraction of sp³-hybridized carbons (Fsp3) is 0.0714. The summed E-state index contributed by atoms with van der Waals surface area (Å²) >= 11 is 11.8. The largest absolute Gasteiger partial charge is 0.486 e. The highest BCUT2D eigenvalue weighted by molar-refractivity contribution is 6.36. The third-order valence-corrected chi connectivity index (χ3v) is 3.22. The van der Waals surface area contributed by atoms with Crippen molar-refractivity contribution < 1.29 is 14.5 Å². The highest BCUT2D eigenvalue weighted by atomic mass is 35.5. The van der Waals surface area contributed by atoms with E-state index in [1.807, 2.05) is 0 Å². The van der Waals surface area contributed by atoms with Crippen LogP contribution in [0.4, 0.5) is 5.69 Å². The molecule has 0 aliphatic carbocycles. The molecular formula is C14H9Cl2NO4. The minimum Gasteiger partial charge on any atom is -0.486 e. The van der Waals surface area contributed by atoms with Gasteiger partial charge in [0.15, 0.2) is 6.29 Å². The second-order valence-electron chi connectivity index (χ2n) is 4.10. The first-order valence-electron chi connectivity index (χ1n) is 5.82. The predicted octanol–water partition coefficient (Wildman–Crippen LogP) is 4.29. The molecule has 0 radical (unpaired) electrons. The minimum absolute atomic E-state index is 0.0600. The number of halogens is 2. The van der Waals surface area contributed by atoms with Crippen LogP contribution in [0.25, 0.3) is 0 Å². The Morgan fingerprint density at radius 2 is 1.95 bits per heavy atom. The van der Waals surface area contributed by atoms with E-state index in [9.17, 15) is 14.9 Å². The molecule has 0 fully saturated rings. The van der Waals surface area contributed by atoms with Crippen molar-refractivity contribution >= 4 is 35.2 Å². The van der Waals surface area contributed by atoms with Gasteiger partial charge in [-0.2, -0.15) is 0 Å². The number of ether oxygens (including phenoxy) is 1. The maximum absolute atomic E-state index is 11.0. The molecule has 0 bridgehead atoms. The Balaban J connectivity index is 2.29. The van der Waals surface area contributed by atoms with Crippen LogP contribution in [-0.4, -0.2) is 11.2 Å². The van der Waals surface area contributed by atoms with Crippen LogP contribution in [0.3, 0.4) is 0 Å². The molecule has 108 valence electrons. The van der Waals surface area contributed by atoms with Gasteiger partial charge in [0.2, 0.25) is 0 Å². The lowest BCUT2D eigenvalue weighted by Crippen LogP contribution is -2.02. The summed E-state index contributed by atoms with van der Waals surface area (Å²) in [4.78, 5) is 21.4. The number of nitro benzene ring substituents is 1. The van der Waals surface area contributed by atoms with E-state index in [0.717, 1.165) is 0 Å². The van der Waals surface area contributed by atoms with Crippen LogP contribution < -0.4 is 4.74 Å². The van der Waals surface area contributed by atoms with E-state index in [-0.39, 0.29) is 28.6 Å². The molecule has 0 aromatic heterocycles. The molecule has 0 aliphatic rings. The Labute approximate surface area is 130 Å². The normalized spacial score (nSPS) is 10.2. The van der Waals surface area contributed by atoms with Gasteiger partial charge in [-0.3, -0.25) is 14.9 Å². The number of hydrogen-bond donors (Lipinski definition) is 0. The van der Waals surface area contributed by atoms with E-state index in [2.05, 4.69) is 0 Å². The quantitative estimate of drug-likeness (QED) is 0.467. The smallest absolute Gasteiger partial charge is 0.276 e. The van der Waals surface area contributed by atoms with Crippen molar-refractivity contribution in [1.29, 1.82) is 0 Å². The van der Waals surface area contributed by atoms with Gasteiger partial charge < -0.3 is 4.74 Å². The maximum atomic E-state index is 11.0. The minimum atomic E-state index is -0.497. The van der Waals surface area contributed by atoms with Gasteiger partial charge in [-0.1, -0.05) is 35.3 Å². The summed E-state index contributed by atoms with van der Waals surface area (Å²) in [6.07, 6.45) is 0.562. The third kappa shape index (κ3) is 3.51. The highest BCUT2D eigenvalue weighted by Gasteiger charge is 2.15. The average Bonchev–Trinajstić information content (AvgIpc) is 2.45. The Morgan fingerprint density at radius 3 is 2.62 bits per heavy atom. The Kier molecular flexibility index (Phi) is 4.77. The van der Waals surface area contributed by atoms with E-state index in [1.165, 1.54) is 18.2 Å². The monoisotopic (exact) mass is 325 g/mol. The van der Waals surface area contributed by atoms with Crippen molar-refractivity contribution in [2.24, 2.45) is 0 Å². The van der Waals surface area contributed by atoms with Crippen LogP contribution in [-0.2, 0) is 6.61 Å². The van der Waals surface area contributed by atoms with Gasteiger partial charge in [-0.05, 0) is 18.2 Å². The van der Waals surface area contributed by atoms with E-state index < -0.39 is 4.92 Å². The van der Waals surface area contributed by atoms with Gasteiger partial charge in [0.25, 0.3) is 5.69 Å². The molecule has 21 heavy (non-hydrogen) atoms. The van der Waals surface area contributed by atoms with Crippen molar-refractivity contribution in [2.75, 3.05) is 0 Å². The average molecular weight is 326 g/mol. The second kappa shape index (κ2) is 6.56. The van der Waals surface area contributed by atoms with Gasteiger partial charge in [-0.15, -0.1) is 0 Å². The van der Waals surface area contributed by atoms with Crippen LogP contribution in [0.2, 0.25) is 10.0 Å². The Hall–Kier alpha value is -2.11. The van der Waals surface area contributed by atoms with E-state index in [0.29, 0.717) is 16.9 Å². The zero-order valence-electron chi connectivity index (χ0n) is 10.6. The first-order chi connectivity index (χ1) is 10.0. The summed E-state index contributed by atoms with van der Waals surface area (Å²) in [6, 6.07) is 9.02. The first-order valence-corrected chi connectivity index (χ1v) is 6.58. The molecular weight excluding hydrogens is 317 g/mol. The van der Waals surface area contributed by atoms with Gasteiger partial charge in [-0.25, -0.2) is 0 Å². The number of carbonyl (C=O) groups is 1. The molecule has 0 amide bonds. The van der Waals surface area contributed by atoms with E-state index >= 15 is 0 Å². The van der Waals surface area contributed by atoms with Gasteiger partial charge >= 0.3 is 0 Å². The predicted molar refractivity (Wildman–Crippen MR) is 79.3 cm³/mol. The molecule has 0 saturated heterocycles. The number of nitrogens with zero attached hydrogens (tertiary/aromatic N) is 1. The number of para-hydroxylation sites is 1. The summed E-state index contributed by atoms with van der Waals surface area (Å²) in [5.41, 5.74) is 0.506. The molecule has 2 aromatic carbocycles. The number of benzene rings is 2. The van der Waals surface area contributed by atoms with Gasteiger partial charge in [0.1, 0.15) is 12.4 Å². The molecule has 2 rings (SSSR count). The zero-order valence-corrected chi connectivity index (χ0v) is 12.1. The summed E-state index contributed by atoms with van der Waals surface area (Å²) in [7, 11) is 0. The number of aldehydes is 1. The molecule has 2 aromatic rings. The van der Waals surface area contributed by atoms with Crippen LogP contribution in [0.5, 0.6) is 5.75 Å². The van der Waals surface area contributed by atoms with Crippen LogP contribution in [0.15, 0.2) is 36.4 Å². The number of rotatable bonds is 5. The molecule has 0 spiro atoms. The molecule has 5 nitrogen and oxygen atoms in total. The first kappa shape index (κ1) is 15.3. The van der Waals surface area contributed by atoms with Crippen molar-refractivity contribution in [3.05, 3.63) is 67.7 Å². The van der Waals surface area contributed by atoms with Crippen molar-refractivity contribution in [3.8, 4) is 5.75 Å². The molecule has 0 aliphatic heterocycles. The van der Waals surface area contributed by atoms with Crippen LogP contribution in [0.1, 0.15) is 15.9 Å². The van der Waals surface area contributed by atoms with Crippen LogP contribution >= 0.6 is 23.2 Å². The highest BCUT2D eigenvalue weighted by Crippen LogP contribution is 2.32. The molecule has 0 saturated carbocycles. The molecule has 0 atom stereocenters. The number of hydrogen-bond acceptors (Lipinski definition) is 4. The van der Waals surface area contributed by atoms with Gasteiger partial charge in [0.05, 0.1) is 21.1 Å². The summed E-state index contributed by atoms with van der Waals surface area (Å²) in [6.45, 7) is -0.0840. The van der Waals surface area contributed by atoms with Crippen molar-refractivity contribution in [3.63, 3.8) is 0 Å². The topological polar surface area (TPSA) is 69.4 Å². The standard InChI is InChI=1S/C14H9Cl2NO4/c15-11-5-10(7-18)14(12(16)6-11)21-8-9-3-1-2-4-13(9)17(19)20/h1-7H,8H2. The molecule has 0 heterocycles. The summed E-state index contributed by atoms with van der Waals surface area (Å²) in [5.74, 6) is 0.147. The van der Waals surface area contributed by atoms with Crippen molar-refractivity contribution in [1.82, 2.24) is 0 Å². The zero-order chi connectivity index (χ0) is 15.4. The second-order valence-corrected chi connectivity index (χ2v) is 4.94. The number of nitro groups is 1. The molecule has 0 unspecified atom stereocenters. The lowest BCUT2D eigenvalue weighted by Gasteiger charge is -2.11. The lowest BCUT2D eigenvalue weighted by molar-refractivity contribution is -0.385. The van der Waals surface area contributed by atoms with Crippen molar-refractivity contribution in [2.45, 2.75) is 6.61 Å². The fourth-order valence-electron chi connectivity index (χ4n) is 1.78. The Morgan fingerprint density at radius 1 is 1.24 bits per heavy atom. The molecule has 0 N–H and O–H groups in total.